The van der Waals surface area contributed by atoms with Gasteiger partial charge in [0.1, 0.15) is 11.3 Å². The average Bonchev–Trinajstić information content (AvgIpc) is 2.78. The van der Waals surface area contributed by atoms with Crippen molar-refractivity contribution in [3.63, 3.8) is 0 Å². The predicted octanol–water partition coefficient (Wildman–Crippen LogP) is 1.90. The SMILES string of the molecule is Cc1noc(C)c1C(=O)N1CCCC2(CCCNC2)C1. The van der Waals surface area contributed by atoms with Crippen molar-refractivity contribution in [2.75, 3.05) is 26.2 Å². The van der Waals surface area contributed by atoms with Crippen molar-refractivity contribution in [1.29, 1.82) is 0 Å². The molecule has 1 atom stereocenters. The smallest absolute Gasteiger partial charge is 0.259 e. The Balaban J connectivity index is 1.78. The molecule has 0 bridgehead atoms. The van der Waals surface area contributed by atoms with Crippen molar-refractivity contribution in [1.82, 2.24) is 15.4 Å². The fourth-order valence-electron chi connectivity index (χ4n) is 3.71. The third kappa shape index (κ3) is 2.35. The Morgan fingerprint density at radius 3 is 2.80 bits per heavy atom. The highest BCUT2D eigenvalue weighted by Gasteiger charge is 2.39. The highest BCUT2D eigenvalue weighted by atomic mass is 16.5. The molecule has 1 aromatic rings. The predicted molar refractivity (Wildman–Crippen MR) is 75.7 cm³/mol. The average molecular weight is 277 g/mol. The van der Waals surface area contributed by atoms with Crippen LogP contribution < -0.4 is 5.32 Å². The van der Waals surface area contributed by atoms with Gasteiger partial charge in [-0.2, -0.15) is 0 Å². The van der Waals surface area contributed by atoms with Crippen LogP contribution in [0.25, 0.3) is 0 Å². The van der Waals surface area contributed by atoms with Crippen molar-refractivity contribution >= 4 is 5.91 Å². The van der Waals surface area contributed by atoms with Gasteiger partial charge in [-0.05, 0) is 46.1 Å². The number of amides is 1. The van der Waals surface area contributed by atoms with Gasteiger partial charge in [-0.25, -0.2) is 0 Å². The van der Waals surface area contributed by atoms with Crippen LogP contribution in [0.2, 0.25) is 0 Å². The Morgan fingerprint density at radius 1 is 1.35 bits per heavy atom. The van der Waals surface area contributed by atoms with Crippen LogP contribution in [0, 0.1) is 19.3 Å². The Morgan fingerprint density at radius 2 is 2.15 bits per heavy atom. The van der Waals surface area contributed by atoms with E-state index >= 15 is 0 Å². The summed E-state index contributed by atoms with van der Waals surface area (Å²) in [6.45, 7) is 7.52. The molecule has 2 saturated heterocycles. The molecular formula is C15H23N3O2. The molecule has 1 amide bonds. The number of carbonyl (C=O) groups is 1. The number of hydrogen-bond acceptors (Lipinski definition) is 4. The number of nitrogens with zero attached hydrogens (tertiary/aromatic N) is 2. The first-order valence-electron chi connectivity index (χ1n) is 7.54. The largest absolute Gasteiger partial charge is 0.361 e. The molecule has 0 aliphatic carbocycles. The molecule has 110 valence electrons. The zero-order chi connectivity index (χ0) is 14.2. The number of nitrogens with one attached hydrogen (secondary N) is 1. The van der Waals surface area contributed by atoms with Crippen molar-refractivity contribution in [2.24, 2.45) is 5.41 Å². The standard InChI is InChI=1S/C15H23N3O2/c1-11-13(12(2)20-17-11)14(19)18-8-4-6-15(10-18)5-3-7-16-9-15/h16H,3-10H2,1-2H3. The Bertz CT molecular complexity index is 478. The molecule has 0 aromatic carbocycles. The van der Waals surface area contributed by atoms with E-state index in [1.807, 2.05) is 18.7 Å². The summed E-state index contributed by atoms with van der Waals surface area (Å²) in [7, 11) is 0. The summed E-state index contributed by atoms with van der Waals surface area (Å²) in [6, 6.07) is 0. The van der Waals surface area contributed by atoms with E-state index in [2.05, 4.69) is 10.5 Å². The first-order chi connectivity index (χ1) is 9.61. The fraction of sp³-hybridized carbons (Fsp3) is 0.733. The molecule has 1 aromatic heterocycles. The molecule has 0 saturated carbocycles. The van der Waals surface area contributed by atoms with Crippen molar-refractivity contribution in [3.05, 3.63) is 17.0 Å². The van der Waals surface area contributed by atoms with E-state index in [0.717, 1.165) is 32.6 Å². The summed E-state index contributed by atoms with van der Waals surface area (Å²) < 4.78 is 5.13. The number of likely N-dealkylation sites (tertiary alicyclic amines) is 1. The van der Waals surface area contributed by atoms with Gasteiger partial charge in [-0.3, -0.25) is 4.79 Å². The molecule has 5 heteroatoms. The lowest BCUT2D eigenvalue weighted by Crippen LogP contribution is -2.52. The lowest BCUT2D eigenvalue weighted by Gasteiger charge is -2.45. The topological polar surface area (TPSA) is 58.4 Å². The number of carbonyl (C=O) groups excluding carboxylic acids is 1. The van der Waals surface area contributed by atoms with Crippen molar-refractivity contribution in [3.8, 4) is 0 Å². The summed E-state index contributed by atoms with van der Waals surface area (Å²) in [5.41, 5.74) is 1.64. The molecule has 1 N–H and O–H groups in total. The van der Waals surface area contributed by atoms with E-state index in [1.165, 1.54) is 19.3 Å². The van der Waals surface area contributed by atoms with Gasteiger partial charge < -0.3 is 14.7 Å². The molecule has 20 heavy (non-hydrogen) atoms. The van der Waals surface area contributed by atoms with Gasteiger partial charge in [0, 0.05) is 25.0 Å². The van der Waals surface area contributed by atoms with Gasteiger partial charge in [0.2, 0.25) is 0 Å². The minimum absolute atomic E-state index is 0.0888. The molecule has 2 aliphatic heterocycles. The van der Waals surface area contributed by atoms with Crippen LogP contribution in [0.5, 0.6) is 0 Å². The normalized spacial score (nSPS) is 27.0. The monoisotopic (exact) mass is 277 g/mol. The Hall–Kier alpha value is -1.36. The van der Waals surface area contributed by atoms with Gasteiger partial charge in [-0.1, -0.05) is 5.16 Å². The first-order valence-corrected chi connectivity index (χ1v) is 7.54. The minimum atomic E-state index is 0.0888. The molecule has 0 radical (unpaired) electrons. The third-order valence-electron chi connectivity index (χ3n) is 4.76. The molecule has 3 heterocycles. The highest BCUT2D eigenvalue weighted by molar-refractivity contribution is 5.96. The number of piperidine rings is 2. The van der Waals surface area contributed by atoms with E-state index in [-0.39, 0.29) is 11.3 Å². The molecular weight excluding hydrogens is 254 g/mol. The Kier molecular flexibility index (Phi) is 3.54. The van der Waals surface area contributed by atoms with E-state index in [0.29, 0.717) is 17.0 Å². The van der Waals surface area contributed by atoms with Gasteiger partial charge >= 0.3 is 0 Å². The second-order valence-corrected chi connectivity index (χ2v) is 6.31. The van der Waals surface area contributed by atoms with Crippen molar-refractivity contribution < 1.29 is 9.32 Å². The van der Waals surface area contributed by atoms with E-state index in [1.54, 1.807) is 0 Å². The van der Waals surface area contributed by atoms with Gasteiger partial charge in [0.05, 0.1) is 5.69 Å². The molecule has 1 unspecified atom stereocenters. The molecule has 3 rings (SSSR count). The Labute approximate surface area is 119 Å². The van der Waals surface area contributed by atoms with E-state index in [4.69, 9.17) is 4.52 Å². The van der Waals surface area contributed by atoms with Crippen LogP contribution in [0.3, 0.4) is 0 Å². The number of aromatic nitrogens is 1. The maximum Gasteiger partial charge on any atom is 0.259 e. The summed E-state index contributed by atoms with van der Waals surface area (Å²) in [5.74, 6) is 0.722. The molecule has 2 aliphatic rings. The maximum absolute atomic E-state index is 12.7. The molecule has 2 fully saturated rings. The number of rotatable bonds is 1. The van der Waals surface area contributed by atoms with E-state index < -0.39 is 0 Å². The zero-order valence-corrected chi connectivity index (χ0v) is 12.4. The first kappa shape index (κ1) is 13.6. The van der Waals surface area contributed by atoms with Crippen LogP contribution in [-0.4, -0.2) is 42.1 Å². The maximum atomic E-state index is 12.7. The van der Waals surface area contributed by atoms with Gasteiger partial charge in [-0.15, -0.1) is 0 Å². The van der Waals surface area contributed by atoms with Crippen molar-refractivity contribution in [2.45, 2.75) is 39.5 Å². The van der Waals surface area contributed by atoms with Crippen LogP contribution in [-0.2, 0) is 0 Å². The lowest BCUT2D eigenvalue weighted by molar-refractivity contribution is 0.0432. The molecule has 1 spiro atoms. The highest BCUT2D eigenvalue weighted by Crippen LogP contribution is 2.36. The van der Waals surface area contributed by atoms with Gasteiger partial charge in [0.25, 0.3) is 5.91 Å². The quantitative estimate of drug-likeness (QED) is 0.851. The lowest BCUT2D eigenvalue weighted by atomic mass is 9.74. The number of hydrogen-bond donors (Lipinski definition) is 1. The summed E-state index contributed by atoms with van der Waals surface area (Å²) in [4.78, 5) is 14.7. The van der Waals surface area contributed by atoms with Crippen LogP contribution in [0.15, 0.2) is 4.52 Å². The minimum Gasteiger partial charge on any atom is -0.361 e. The van der Waals surface area contributed by atoms with Gasteiger partial charge in [0.15, 0.2) is 0 Å². The summed E-state index contributed by atoms with van der Waals surface area (Å²) >= 11 is 0. The van der Waals surface area contributed by atoms with Crippen LogP contribution in [0.1, 0.15) is 47.5 Å². The van der Waals surface area contributed by atoms with Crippen LogP contribution >= 0.6 is 0 Å². The summed E-state index contributed by atoms with van der Waals surface area (Å²) in [6.07, 6.45) is 4.76. The fourth-order valence-corrected chi connectivity index (χ4v) is 3.71. The second-order valence-electron chi connectivity index (χ2n) is 6.31. The second kappa shape index (κ2) is 5.20. The summed E-state index contributed by atoms with van der Waals surface area (Å²) in [5, 5.41) is 7.39. The number of aryl methyl sites for hydroxylation is 2. The van der Waals surface area contributed by atoms with E-state index in [9.17, 15) is 4.79 Å². The molecule has 5 nitrogen and oxygen atoms in total. The zero-order valence-electron chi connectivity index (χ0n) is 12.4. The third-order valence-corrected chi connectivity index (χ3v) is 4.76. The van der Waals surface area contributed by atoms with Crippen LogP contribution in [0.4, 0.5) is 0 Å².